The van der Waals surface area contributed by atoms with Gasteiger partial charge in [0.05, 0.1) is 16.9 Å². The first kappa shape index (κ1) is 23.0. The summed E-state index contributed by atoms with van der Waals surface area (Å²) in [5.74, 6) is -1.40. The number of nitrogens with one attached hydrogen (secondary N) is 1. The number of anilines is 1. The Balaban J connectivity index is 1.39. The molecule has 0 saturated heterocycles. The minimum atomic E-state index is -1.16. The van der Waals surface area contributed by atoms with E-state index in [1.54, 1.807) is 30.3 Å². The van der Waals surface area contributed by atoms with Gasteiger partial charge in [-0.25, -0.2) is 4.79 Å². The predicted octanol–water partition coefficient (Wildman–Crippen LogP) is 6.28. The lowest BCUT2D eigenvalue weighted by Crippen LogP contribution is -2.16. The van der Waals surface area contributed by atoms with Crippen LogP contribution >= 0.6 is 11.8 Å². The maximum atomic E-state index is 12.7. The second-order valence-corrected chi connectivity index (χ2v) is 8.54. The molecule has 34 heavy (non-hydrogen) atoms. The fourth-order valence-corrected chi connectivity index (χ4v) is 4.29. The van der Waals surface area contributed by atoms with Crippen LogP contribution in [-0.2, 0) is 0 Å². The molecule has 0 aliphatic heterocycles. The van der Waals surface area contributed by atoms with E-state index in [-0.39, 0.29) is 22.7 Å². The van der Waals surface area contributed by atoms with Crippen molar-refractivity contribution >= 4 is 35.1 Å². The molecule has 1 amide bonds. The van der Waals surface area contributed by atoms with Crippen LogP contribution in [0.1, 0.15) is 31.1 Å². The highest BCUT2D eigenvalue weighted by atomic mass is 32.2. The van der Waals surface area contributed by atoms with E-state index in [0.29, 0.717) is 11.3 Å². The number of thioether (sulfide) groups is 1. The number of carboxylic acids is 1. The second kappa shape index (κ2) is 10.6. The summed E-state index contributed by atoms with van der Waals surface area (Å²) >= 11 is 1.37. The standard InChI is InChI=1S/C28H21NO4S/c30-26(21-15-13-20(14-16-21)19-7-2-1-3-8-19)18-34-23-10-6-9-22(17-23)29-27(31)24-11-4-5-12-25(24)28(32)33/h1-17H,18H2,(H,29,31)(H,32,33). The maximum Gasteiger partial charge on any atom is 0.336 e. The lowest BCUT2D eigenvalue weighted by molar-refractivity contribution is 0.0692. The van der Waals surface area contributed by atoms with E-state index in [1.807, 2.05) is 60.7 Å². The molecule has 4 aromatic carbocycles. The Morgan fingerprint density at radius 3 is 2.06 bits per heavy atom. The minimum Gasteiger partial charge on any atom is -0.478 e. The summed E-state index contributed by atoms with van der Waals surface area (Å²) in [5, 5.41) is 12.0. The van der Waals surface area contributed by atoms with Gasteiger partial charge in [-0.15, -0.1) is 11.8 Å². The number of carbonyl (C=O) groups is 3. The van der Waals surface area contributed by atoms with Crippen LogP contribution in [0.4, 0.5) is 5.69 Å². The molecule has 6 heteroatoms. The molecule has 0 aromatic heterocycles. The summed E-state index contributed by atoms with van der Waals surface area (Å²) in [7, 11) is 0. The van der Waals surface area contributed by atoms with Crippen LogP contribution in [0.25, 0.3) is 11.1 Å². The molecule has 0 aliphatic rings. The molecule has 2 N–H and O–H groups in total. The van der Waals surface area contributed by atoms with Crippen LogP contribution < -0.4 is 5.32 Å². The first-order valence-electron chi connectivity index (χ1n) is 10.6. The summed E-state index contributed by atoms with van der Waals surface area (Å²) in [6, 6.07) is 30.7. The molecule has 0 spiro atoms. The van der Waals surface area contributed by atoms with E-state index in [4.69, 9.17) is 0 Å². The van der Waals surface area contributed by atoms with Gasteiger partial charge in [-0.3, -0.25) is 9.59 Å². The lowest BCUT2D eigenvalue weighted by atomic mass is 10.0. The minimum absolute atomic E-state index is 0.00874. The molecule has 0 unspecified atom stereocenters. The van der Waals surface area contributed by atoms with E-state index in [2.05, 4.69) is 5.32 Å². The first-order valence-corrected chi connectivity index (χ1v) is 11.5. The smallest absolute Gasteiger partial charge is 0.336 e. The van der Waals surface area contributed by atoms with Crippen molar-refractivity contribution in [2.24, 2.45) is 0 Å². The van der Waals surface area contributed by atoms with Crippen molar-refractivity contribution < 1.29 is 19.5 Å². The van der Waals surface area contributed by atoms with E-state index in [9.17, 15) is 19.5 Å². The van der Waals surface area contributed by atoms with Gasteiger partial charge in [-0.1, -0.05) is 72.8 Å². The van der Waals surface area contributed by atoms with Gasteiger partial charge >= 0.3 is 5.97 Å². The van der Waals surface area contributed by atoms with Crippen LogP contribution in [0.15, 0.2) is 108 Å². The molecular weight excluding hydrogens is 446 g/mol. The van der Waals surface area contributed by atoms with E-state index < -0.39 is 11.9 Å². The largest absolute Gasteiger partial charge is 0.478 e. The van der Waals surface area contributed by atoms with E-state index >= 15 is 0 Å². The Morgan fingerprint density at radius 2 is 1.35 bits per heavy atom. The molecule has 0 heterocycles. The fourth-order valence-electron chi connectivity index (χ4n) is 3.44. The zero-order valence-electron chi connectivity index (χ0n) is 18.1. The number of amides is 1. The summed E-state index contributed by atoms with van der Waals surface area (Å²) in [6.45, 7) is 0. The lowest BCUT2D eigenvalue weighted by Gasteiger charge is -2.09. The van der Waals surface area contributed by atoms with Gasteiger partial charge < -0.3 is 10.4 Å². The number of ketones is 1. The maximum absolute atomic E-state index is 12.7. The van der Waals surface area contributed by atoms with Crippen LogP contribution in [0, 0.1) is 0 Å². The first-order chi connectivity index (χ1) is 16.5. The van der Waals surface area contributed by atoms with Gasteiger partial charge in [-0.05, 0) is 41.5 Å². The van der Waals surface area contributed by atoms with Crippen molar-refractivity contribution in [1.82, 2.24) is 0 Å². The summed E-state index contributed by atoms with van der Waals surface area (Å²) < 4.78 is 0. The number of carboxylic acid groups (broad SMARTS) is 1. The normalized spacial score (nSPS) is 10.5. The van der Waals surface area contributed by atoms with Crippen molar-refractivity contribution in [3.63, 3.8) is 0 Å². The number of hydrogen-bond donors (Lipinski definition) is 2. The van der Waals surface area contributed by atoms with Gasteiger partial charge in [0.15, 0.2) is 5.78 Å². The van der Waals surface area contributed by atoms with Crippen molar-refractivity contribution in [2.45, 2.75) is 4.90 Å². The molecule has 0 radical (unpaired) electrons. The average Bonchev–Trinajstić information content (AvgIpc) is 2.88. The highest BCUT2D eigenvalue weighted by Crippen LogP contribution is 2.24. The van der Waals surface area contributed by atoms with Crippen molar-refractivity contribution in [1.29, 1.82) is 0 Å². The zero-order chi connectivity index (χ0) is 23.9. The number of rotatable bonds is 8. The molecule has 0 saturated carbocycles. The third-order valence-electron chi connectivity index (χ3n) is 5.18. The number of aromatic carboxylic acids is 1. The second-order valence-electron chi connectivity index (χ2n) is 7.49. The molecule has 168 valence electrons. The highest BCUT2D eigenvalue weighted by Gasteiger charge is 2.16. The molecule has 4 rings (SSSR count). The third-order valence-corrected chi connectivity index (χ3v) is 6.17. The Morgan fingerprint density at radius 1 is 0.706 bits per heavy atom. The van der Waals surface area contributed by atoms with Crippen molar-refractivity contribution in [3.8, 4) is 11.1 Å². The van der Waals surface area contributed by atoms with Gasteiger partial charge in [0, 0.05) is 16.1 Å². The van der Waals surface area contributed by atoms with Gasteiger partial charge in [0.1, 0.15) is 0 Å². The topological polar surface area (TPSA) is 83.5 Å². The average molecular weight is 468 g/mol. The van der Waals surface area contributed by atoms with Crippen LogP contribution in [-0.4, -0.2) is 28.5 Å². The number of hydrogen-bond acceptors (Lipinski definition) is 4. The van der Waals surface area contributed by atoms with E-state index in [0.717, 1.165) is 16.0 Å². The number of Topliss-reactive ketones (excluding diaryl/α,β-unsaturated/α-hetero) is 1. The van der Waals surface area contributed by atoms with Crippen LogP contribution in [0.3, 0.4) is 0 Å². The van der Waals surface area contributed by atoms with Gasteiger partial charge in [0.25, 0.3) is 5.91 Å². The van der Waals surface area contributed by atoms with Crippen molar-refractivity contribution in [3.05, 3.63) is 120 Å². The van der Waals surface area contributed by atoms with Crippen molar-refractivity contribution in [2.75, 3.05) is 11.1 Å². The molecule has 0 fully saturated rings. The summed E-state index contributed by atoms with van der Waals surface area (Å²) in [5.41, 5.74) is 3.34. The van der Waals surface area contributed by atoms with Gasteiger partial charge in [-0.2, -0.15) is 0 Å². The van der Waals surface area contributed by atoms with Gasteiger partial charge in [0.2, 0.25) is 0 Å². The predicted molar refractivity (Wildman–Crippen MR) is 135 cm³/mol. The third kappa shape index (κ3) is 5.60. The Bertz CT molecular complexity index is 1330. The quantitative estimate of drug-likeness (QED) is 0.235. The molecule has 0 atom stereocenters. The van der Waals surface area contributed by atoms with E-state index in [1.165, 1.54) is 23.9 Å². The number of benzene rings is 4. The SMILES string of the molecule is O=C(CSc1cccc(NC(=O)c2ccccc2C(=O)O)c1)c1ccc(-c2ccccc2)cc1. The highest BCUT2D eigenvalue weighted by molar-refractivity contribution is 8.00. The molecule has 4 aromatic rings. The molecule has 5 nitrogen and oxygen atoms in total. The summed E-state index contributed by atoms with van der Waals surface area (Å²) in [6.07, 6.45) is 0. The number of carbonyl (C=O) groups excluding carboxylic acids is 2. The molecule has 0 aliphatic carbocycles. The zero-order valence-corrected chi connectivity index (χ0v) is 18.9. The Hall–Kier alpha value is -4.16. The van der Waals surface area contributed by atoms with Crippen LogP contribution in [0.2, 0.25) is 0 Å². The fraction of sp³-hybridized carbons (Fsp3) is 0.0357. The Kier molecular flexibility index (Phi) is 7.20. The van der Waals surface area contributed by atoms with Crippen LogP contribution in [0.5, 0.6) is 0 Å². The Labute approximate surface area is 201 Å². The summed E-state index contributed by atoms with van der Waals surface area (Å²) in [4.78, 5) is 37.5. The monoisotopic (exact) mass is 467 g/mol. The molecular formula is C28H21NO4S. The molecule has 0 bridgehead atoms.